The summed E-state index contributed by atoms with van der Waals surface area (Å²) in [4.78, 5) is 39.2. The summed E-state index contributed by atoms with van der Waals surface area (Å²) in [5.41, 5.74) is 1.26. The molecule has 11 heteroatoms. The average Bonchev–Trinajstić information content (AvgIpc) is 2.87. The third-order valence-corrected chi connectivity index (χ3v) is 6.24. The summed E-state index contributed by atoms with van der Waals surface area (Å²) in [6, 6.07) is 17.4. The van der Waals surface area contributed by atoms with Gasteiger partial charge in [-0.25, -0.2) is 4.39 Å². The monoisotopic (exact) mass is 631 g/mol. The van der Waals surface area contributed by atoms with Crippen molar-refractivity contribution in [3.05, 3.63) is 87.3 Å². The number of hydrogen-bond acceptors (Lipinski definition) is 6. The van der Waals surface area contributed by atoms with E-state index in [2.05, 4.69) is 10.6 Å². The lowest BCUT2D eigenvalue weighted by atomic mass is 10.1. The molecule has 0 aliphatic carbocycles. The molecule has 1 aliphatic rings. The number of para-hydroxylation sites is 1. The number of rotatable bonds is 7. The van der Waals surface area contributed by atoms with Crippen LogP contribution in [-0.4, -0.2) is 36.6 Å². The molecule has 0 saturated carbocycles. The number of benzene rings is 3. The molecule has 3 amide bonds. The zero-order valence-electron chi connectivity index (χ0n) is 19.3. The lowest BCUT2D eigenvalue weighted by Crippen LogP contribution is -2.54. The van der Waals surface area contributed by atoms with Crippen LogP contribution in [0.25, 0.3) is 6.08 Å². The van der Waals surface area contributed by atoms with Crippen molar-refractivity contribution < 1.29 is 28.2 Å². The fourth-order valence-corrected chi connectivity index (χ4v) is 4.53. The van der Waals surface area contributed by atoms with Crippen LogP contribution in [0.1, 0.15) is 5.56 Å². The Morgan fingerprint density at radius 1 is 1.14 bits per heavy atom. The van der Waals surface area contributed by atoms with Gasteiger partial charge in [-0.3, -0.25) is 24.6 Å². The van der Waals surface area contributed by atoms with E-state index in [9.17, 15) is 18.8 Å². The van der Waals surface area contributed by atoms with Gasteiger partial charge in [0, 0.05) is 5.69 Å². The Hall–Kier alpha value is -3.84. The average molecular weight is 631 g/mol. The van der Waals surface area contributed by atoms with E-state index in [1.54, 1.807) is 36.4 Å². The number of carbonyl (C=O) groups is 3. The number of anilines is 2. The molecule has 0 radical (unpaired) electrons. The number of nitrogens with zero attached hydrogens (tertiary/aromatic N) is 1. The summed E-state index contributed by atoms with van der Waals surface area (Å²) in [5.74, 6) is -1.51. The molecule has 1 aliphatic heterocycles. The predicted molar refractivity (Wildman–Crippen MR) is 149 cm³/mol. The summed E-state index contributed by atoms with van der Waals surface area (Å²) in [6.45, 7) is -0.257. The lowest BCUT2D eigenvalue weighted by Gasteiger charge is -2.29. The number of halogens is 2. The highest BCUT2D eigenvalue weighted by atomic mass is 127. The minimum atomic E-state index is -0.666. The van der Waals surface area contributed by atoms with Crippen LogP contribution in [-0.2, 0) is 14.4 Å². The van der Waals surface area contributed by atoms with E-state index in [0.29, 0.717) is 32.0 Å². The van der Waals surface area contributed by atoms with E-state index >= 15 is 0 Å². The van der Waals surface area contributed by atoms with Gasteiger partial charge in [0.2, 0.25) is 0 Å². The molecule has 0 atom stereocenters. The fourth-order valence-electron chi connectivity index (χ4n) is 3.47. The molecule has 4 rings (SSSR count). The minimum absolute atomic E-state index is 0.108. The van der Waals surface area contributed by atoms with Crippen molar-refractivity contribution in [3.8, 4) is 11.5 Å². The van der Waals surface area contributed by atoms with Gasteiger partial charge in [0.05, 0.1) is 16.4 Å². The summed E-state index contributed by atoms with van der Waals surface area (Å²) >= 11 is 7.18. The minimum Gasteiger partial charge on any atom is -0.493 e. The Labute approximate surface area is 230 Å². The number of nitrogens with one attached hydrogen (secondary N) is 2. The van der Waals surface area contributed by atoms with E-state index < -0.39 is 17.6 Å². The maximum atomic E-state index is 13.4. The van der Waals surface area contributed by atoms with Gasteiger partial charge in [-0.05, 0) is 95.0 Å². The van der Waals surface area contributed by atoms with Gasteiger partial charge in [0.1, 0.15) is 11.4 Å². The van der Waals surface area contributed by atoms with Crippen molar-refractivity contribution in [1.82, 2.24) is 5.32 Å². The van der Waals surface area contributed by atoms with E-state index in [4.69, 9.17) is 21.7 Å². The molecular formula is C26H19FIN3O5S. The molecule has 37 heavy (non-hydrogen) atoms. The molecular weight excluding hydrogens is 612 g/mol. The largest absolute Gasteiger partial charge is 0.493 e. The first-order valence-electron chi connectivity index (χ1n) is 10.8. The highest BCUT2D eigenvalue weighted by Crippen LogP contribution is 2.35. The van der Waals surface area contributed by atoms with Crippen LogP contribution in [0.5, 0.6) is 11.5 Å². The van der Waals surface area contributed by atoms with E-state index in [1.165, 1.54) is 37.5 Å². The van der Waals surface area contributed by atoms with Gasteiger partial charge in [0.15, 0.2) is 23.2 Å². The molecule has 8 nitrogen and oxygen atoms in total. The SMILES string of the molecule is COc1cc(/C=C2/C(=O)NC(=S)N(c3ccc(F)cc3)C2=O)cc(I)c1OCC(=O)Nc1ccccc1. The van der Waals surface area contributed by atoms with Gasteiger partial charge in [0.25, 0.3) is 17.7 Å². The second kappa shape index (κ2) is 11.5. The molecule has 1 heterocycles. The lowest BCUT2D eigenvalue weighted by molar-refractivity contribution is -0.122. The molecule has 3 aromatic rings. The second-order valence-electron chi connectivity index (χ2n) is 7.67. The van der Waals surface area contributed by atoms with E-state index in [0.717, 1.165) is 4.90 Å². The topological polar surface area (TPSA) is 97.0 Å². The Balaban J connectivity index is 1.56. The first-order chi connectivity index (χ1) is 17.8. The number of ether oxygens (including phenoxy) is 2. The maximum Gasteiger partial charge on any atom is 0.270 e. The van der Waals surface area contributed by atoms with Gasteiger partial charge < -0.3 is 14.8 Å². The van der Waals surface area contributed by atoms with Gasteiger partial charge >= 0.3 is 0 Å². The summed E-state index contributed by atoms with van der Waals surface area (Å²) < 4.78 is 25.1. The Kier molecular flexibility index (Phi) is 8.14. The normalized spacial score (nSPS) is 14.4. The van der Waals surface area contributed by atoms with Crippen molar-refractivity contribution in [2.75, 3.05) is 23.9 Å². The first-order valence-corrected chi connectivity index (χ1v) is 12.3. The van der Waals surface area contributed by atoms with Crippen LogP contribution in [0.15, 0.2) is 72.3 Å². The molecule has 1 saturated heterocycles. The number of hydrogen-bond donors (Lipinski definition) is 2. The van der Waals surface area contributed by atoms with Crippen LogP contribution in [0, 0.1) is 9.39 Å². The number of methoxy groups -OCH3 is 1. The summed E-state index contributed by atoms with van der Waals surface area (Å²) in [7, 11) is 1.44. The molecule has 0 aromatic heterocycles. The van der Waals surface area contributed by atoms with Gasteiger partial charge in [-0.1, -0.05) is 18.2 Å². The number of thiocarbonyl (C=S) groups is 1. The molecule has 0 bridgehead atoms. The number of carbonyl (C=O) groups excluding carboxylic acids is 3. The smallest absolute Gasteiger partial charge is 0.270 e. The first kappa shape index (κ1) is 26.2. The predicted octanol–water partition coefficient (Wildman–Crippen LogP) is 4.29. The Bertz CT molecular complexity index is 1410. The third-order valence-electron chi connectivity index (χ3n) is 5.15. The van der Waals surface area contributed by atoms with Crippen molar-refractivity contribution in [3.63, 3.8) is 0 Å². The molecule has 3 aromatic carbocycles. The van der Waals surface area contributed by atoms with Crippen LogP contribution in [0.4, 0.5) is 15.8 Å². The Morgan fingerprint density at radius 3 is 2.51 bits per heavy atom. The van der Waals surface area contributed by atoms with Crippen molar-refractivity contribution >= 4 is 75.1 Å². The molecule has 188 valence electrons. The highest BCUT2D eigenvalue weighted by Gasteiger charge is 2.34. The third kappa shape index (κ3) is 6.12. The maximum absolute atomic E-state index is 13.4. The van der Waals surface area contributed by atoms with Crippen LogP contribution in [0.2, 0.25) is 0 Å². The zero-order valence-corrected chi connectivity index (χ0v) is 22.3. The summed E-state index contributed by atoms with van der Waals surface area (Å²) in [5, 5.41) is 5.11. The van der Waals surface area contributed by atoms with Gasteiger partial charge in [-0.2, -0.15) is 0 Å². The molecule has 1 fully saturated rings. The standard InChI is InChI=1S/C26H19FIN3O5S/c1-35-21-13-15(12-20(28)23(21)36-14-22(32)29-17-5-3-2-4-6-17)11-19-24(33)30-26(37)31(25(19)34)18-9-7-16(27)8-10-18/h2-13H,14H2,1H3,(H,29,32)(H,30,33,37)/b19-11-. The zero-order chi connectivity index (χ0) is 26.5. The van der Waals surface area contributed by atoms with Crippen LogP contribution in [0.3, 0.4) is 0 Å². The van der Waals surface area contributed by atoms with Crippen LogP contribution < -0.4 is 25.0 Å². The van der Waals surface area contributed by atoms with Crippen molar-refractivity contribution in [2.24, 2.45) is 0 Å². The summed E-state index contributed by atoms with van der Waals surface area (Å²) in [6.07, 6.45) is 1.40. The number of amides is 3. The van der Waals surface area contributed by atoms with Crippen molar-refractivity contribution in [1.29, 1.82) is 0 Å². The van der Waals surface area contributed by atoms with Crippen molar-refractivity contribution in [2.45, 2.75) is 0 Å². The Morgan fingerprint density at radius 2 is 1.84 bits per heavy atom. The molecule has 0 spiro atoms. The molecule has 0 unspecified atom stereocenters. The van der Waals surface area contributed by atoms with E-state index in [-0.39, 0.29) is 23.2 Å². The highest BCUT2D eigenvalue weighted by molar-refractivity contribution is 14.1. The second-order valence-corrected chi connectivity index (χ2v) is 9.22. The fraction of sp³-hybridized carbons (Fsp3) is 0.0769. The van der Waals surface area contributed by atoms with Gasteiger partial charge in [-0.15, -0.1) is 0 Å². The van der Waals surface area contributed by atoms with Crippen LogP contribution >= 0.6 is 34.8 Å². The quantitative estimate of drug-likeness (QED) is 0.175. The molecule has 2 N–H and O–H groups in total. The van der Waals surface area contributed by atoms with E-state index in [1.807, 2.05) is 28.7 Å².